The Morgan fingerprint density at radius 1 is 1.53 bits per heavy atom. The van der Waals surface area contributed by atoms with Crippen LogP contribution >= 0.6 is 0 Å². The molecule has 1 saturated carbocycles. The molecule has 1 heterocycles. The maximum Gasteiger partial charge on any atom is 0.254 e. The van der Waals surface area contributed by atoms with Crippen molar-refractivity contribution in [3.05, 3.63) is 11.8 Å². The van der Waals surface area contributed by atoms with E-state index in [4.69, 9.17) is 5.73 Å². The Hall–Kier alpha value is -1.85. The molecule has 0 spiro atoms. The van der Waals surface area contributed by atoms with E-state index in [0.29, 0.717) is 30.6 Å². The van der Waals surface area contributed by atoms with Crippen LogP contribution in [-0.2, 0) is 11.3 Å². The Bertz CT molecular complexity index is 489. The van der Waals surface area contributed by atoms with Gasteiger partial charge >= 0.3 is 0 Å². The van der Waals surface area contributed by atoms with Gasteiger partial charge in [-0.25, -0.2) is 4.68 Å². The van der Waals surface area contributed by atoms with Crippen molar-refractivity contribution in [3.63, 3.8) is 0 Å². The molecule has 0 aliphatic heterocycles. The molecule has 2 amide bonds. The summed E-state index contributed by atoms with van der Waals surface area (Å²) in [5.41, 5.74) is 5.57. The van der Waals surface area contributed by atoms with Crippen LogP contribution in [0, 0.1) is 11.8 Å². The quantitative estimate of drug-likeness (QED) is 0.813. The monoisotopic (exact) mass is 264 g/mol. The van der Waals surface area contributed by atoms with Gasteiger partial charge in [0.05, 0.1) is 6.20 Å². The standard InChI is InChI=1S/C13H20N4O2/c1-8(2)7-17-13(10(6-15-17)12(14)19)16-11(18)5-9-3-4-9/h6,8-9H,3-5,7H2,1-2H3,(H2,14,19)(H,16,18). The average molecular weight is 264 g/mol. The van der Waals surface area contributed by atoms with E-state index in [1.165, 1.54) is 6.20 Å². The van der Waals surface area contributed by atoms with Gasteiger partial charge in [-0.3, -0.25) is 9.59 Å². The van der Waals surface area contributed by atoms with Gasteiger partial charge in [-0.1, -0.05) is 13.8 Å². The van der Waals surface area contributed by atoms with Crippen LogP contribution in [-0.4, -0.2) is 21.6 Å². The number of nitrogens with one attached hydrogen (secondary N) is 1. The number of carbonyl (C=O) groups excluding carboxylic acids is 2. The molecule has 2 rings (SSSR count). The lowest BCUT2D eigenvalue weighted by molar-refractivity contribution is -0.116. The third-order valence-corrected chi connectivity index (χ3v) is 3.07. The molecule has 1 aromatic rings. The van der Waals surface area contributed by atoms with Crippen molar-refractivity contribution in [1.82, 2.24) is 9.78 Å². The van der Waals surface area contributed by atoms with Gasteiger partial charge in [-0.15, -0.1) is 0 Å². The molecular weight excluding hydrogens is 244 g/mol. The summed E-state index contributed by atoms with van der Waals surface area (Å²) in [4.78, 5) is 23.2. The fourth-order valence-electron chi connectivity index (χ4n) is 1.95. The van der Waals surface area contributed by atoms with Crippen LogP contribution in [0.25, 0.3) is 0 Å². The maximum absolute atomic E-state index is 11.9. The third kappa shape index (κ3) is 3.56. The number of aromatic nitrogens is 2. The lowest BCUT2D eigenvalue weighted by Crippen LogP contribution is -2.21. The fraction of sp³-hybridized carbons (Fsp3) is 0.615. The molecule has 19 heavy (non-hydrogen) atoms. The van der Waals surface area contributed by atoms with Gasteiger partial charge in [0.15, 0.2) is 0 Å². The van der Waals surface area contributed by atoms with Gasteiger partial charge in [0, 0.05) is 13.0 Å². The van der Waals surface area contributed by atoms with Crippen molar-refractivity contribution in [1.29, 1.82) is 0 Å². The average Bonchev–Trinajstić information content (AvgIpc) is 3.01. The van der Waals surface area contributed by atoms with Gasteiger partial charge in [0.1, 0.15) is 11.4 Å². The van der Waals surface area contributed by atoms with Crippen LogP contribution < -0.4 is 11.1 Å². The summed E-state index contributed by atoms with van der Waals surface area (Å²) in [6, 6.07) is 0. The first-order valence-corrected chi connectivity index (χ1v) is 6.62. The smallest absolute Gasteiger partial charge is 0.254 e. The fourth-order valence-corrected chi connectivity index (χ4v) is 1.95. The molecule has 1 aliphatic carbocycles. The van der Waals surface area contributed by atoms with Crippen molar-refractivity contribution in [2.24, 2.45) is 17.6 Å². The van der Waals surface area contributed by atoms with Crippen LogP contribution in [0.3, 0.4) is 0 Å². The zero-order valence-corrected chi connectivity index (χ0v) is 11.3. The highest BCUT2D eigenvalue weighted by Gasteiger charge is 2.26. The van der Waals surface area contributed by atoms with Crippen LogP contribution in [0.5, 0.6) is 0 Å². The second-order valence-corrected chi connectivity index (χ2v) is 5.54. The van der Waals surface area contributed by atoms with Crippen molar-refractivity contribution in [2.45, 2.75) is 39.7 Å². The van der Waals surface area contributed by atoms with Crippen LogP contribution in [0.2, 0.25) is 0 Å². The van der Waals surface area contributed by atoms with E-state index < -0.39 is 5.91 Å². The van der Waals surface area contributed by atoms with E-state index >= 15 is 0 Å². The van der Waals surface area contributed by atoms with Gasteiger partial charge in [0.25, 0.3) is 5.91 Å². The number of nitrogens with two attached hydrogens (primary N) is 1. The van der Waals surface area contributed by atoms with Crippen LogP contribution in [0.1, 0.15) is 43.5 Å². The van der Waals surface area contributed by atoms with Crippen molar-refractivity contribution >= 4 is 17.6 Å². The first kappa shape index (κ1) is 13.6. The largest absolute Gasteiger partial charge is 0.365 e. The highest BCUT2D eigenvalue weighted by atomic mass is 16.2. The maximum atomic E-state index is 11.9. The Morgan fingerprint density at radius 2 is 2.21 bits per heavy atom. The molecular formula is C13H20N4O2. The molecule has 0 unspecified atom stereocenters. The number of hydrogen-bond acceptors (Lipinski definition) is 3. The predicted octanol–water partition coefficient (Wildman–Crippen LogP) is 1.38. The zero-order chi connectivity index (χ0) is 14.0. The minimum atomic E-state index is -0.572. The molecule has 0 aromatic carbocycles. The Balaban J connectivity index is 2.15. The number of hydrogen-bond donors (Lipinski definition) is 2. The van der Waals surface area contributed by atoms with E-state index in [2.05, 4.69) is 10.4 Å². The Labute approximate surface area is 112 Å². The summed E-state index contributed by atoms with van der Waals surface area (Å²) in [5.74, 6) is 0.636. The number of rotatable bonds is 6. The van der Waals surface area contributed by atoms with E-state index in [1.54, 1.807) is 4.68 Å². The molecule has 1 aromatic heterocycles. The third-order valence-electron chi connectivity index (χ3n) is 3.07. The van der Waals surface area contributed by atoms with Gasteiger partial charge in [-0.05, 0) is 24.7 Å². The summed E-state index contributed by atoms with van der Waals surface area (Å²) in [6.07, 6.45) is 4.14. The minimum Gasteiger partial charge on any atom is -0.365 e. The van der Waals surface area contributed by atoms with E-state index in [0.717, 1.165) is 12.8 Å². The Kier molecular flexibility index (Phi) is 3.87. The summed E-state index contributed by atoms with van der Waals surface area (Å²) in [7, 11) is 0. The number of primary amides is 1. The molecule has 0 radical (unpaired) electrons. The molecule has 6 heteroatoms. The van der Waals surface area contributed by atoms with Crippen LogP contribution in [0.15, 0.2) is 6.20 Å². The summed E-state index contributed by atoms with van der Waals surface area (Å²) in [5, 5.41) is 6.90. The topological polar surface area (TPSA) is 90.0 Å². The van der Waals surface area contributed by atoms with Gasteiger partial charge in [0.2, 0.25) is 5.91 Å². The second-order valence-electron chi connectivity index (χ2n) is 5.54. The predicted molar refractivity (Wildman–Crippen MR) is 71.6 cm³/mol. The lowest BCUT2D eigenvalue weighted by atomic mass is 10.2. The van der Waals surface area contributed by atoms with E-state index in [-0.39, 0.29) is 11.5 Å². The molecule has 104 valence electrons. The molecule has 1 aliphatic rings. The van der Waals surface area contributed by atoms with Crippen LogP contribution in [0.4, 0.5) is 5.82 Å². The van der Waals surface area contributed by atoms with E-state index in [9.17, 15) is 9.59 Å². The van der Waals surface area contributed by atoms with Gasteiger partial charge < -0.3 is 11.1 Å². The molecule has 0 bridgehead atoms. The lowest BCUT2D eigenvalue weighted by Gasteiger charge is -2.12. The number of carbonyl (C=O) groups is 2. The summed E-state index contributed by atoms with van der Waals surface area (Å²) >= 11 is 0. The van der Waals surface area contributed by atoms with Crippen molar-refractivity contribution in [3.8, 4) is 0 Å². The van der Waals surface area contributed by atoms with Crippen molar-refractivity contribution in [2.75, 3.05) is 5.32 Å². The number of nitrogens with zero attached hydrogens (tertiary/aromatic N) is 2. The number of amides is 2. The minimum absolute atomic E-state index is 0.0736. The highest BCUT2D eigenvalue weighted by molar-refractivity contribution is 6.02. The van der Waals surface area contributed by atoms with Crippen molar-refractivity contribution < 1.29 is 9.59 Å². The molecule has 0 atom stereocenters. The summed E-state index contributed by atoms with van der Waals surface area (Å²) < 4.78 is 1.63. The zero-order valence-electron chi connectivity index (χ0n) is 11.3. The summed E-state index contributed by atoms with van der Waals surface area (Å²) in [6.45, 7) is 4.72. The first-order chi connectivity index (χ1) is 8.97. The normalized spacial score (nSPS) is 14.7. The molecule has 3 N–H and O–H groups in total. The molecule has 6 nitrogen and oxygen atoms in total. The number of anilines is 1. The first-order valence-electron chi connectivity index (χ1n) is 6.62. The SMILES string of the molecule is CC(C)Cn1ncc(C(N)=O)c1NC(=O)CC1CC1. The Morgan fingerprint density at radius 3 is 2.74 bits per heavy atom. The molecule has 0 saturated heterocycles. The van der Waals surface area contributed by atoms with E-state index in [1.807, 2.05) is 13.8 Å². The van der Waals surface area contributed by atoms with Gasteiger partial charge in [-0.2, -0.15) is 5.10 Å². The second kappa shape index (κ2) is 5.42. The molecule has 1 fully saturated rings. The highest BCUT2D eigenvalue weighted by Crippen LogP contribution is 2.32.